The van der Waals surface area contributed by atoms with Crippen LogP contribution in [-0.2, 0) is 44.7 Å². The Bertz CT molecular complexity index is 3190. The highest BCUT2D eigenvalue weighted by atomic mass is 32.1. The Hall–Kier alpha value is -7.49. The fraction of sp³-hybridized carbons (Fsp3) is 0.578. The van der Waals surface area contributed by atoms with E-state index < -0.39 is 152 Å². The van der Waals surface area contributed by atoms with Crippen molar-refractivity contribution in [3.63, 3.8) is 0 Å². The molecule has 8 rings (SSSR count). The number of nitrogens with zero attached hydrogens (tertiary/aromatic N) is 5. The third kappa shape index (κ3) is 18.7. The molecule has 0 saturated carbocycles. The number of β-amino-alcohol motifs (C(OH)–C–C–N with tert-alkyl or cyclic N) is 1. The molecule has 0 bridgehead atoms. The Morgan fingerprint density at radius 1 is 0.734 bits per heavy atom. The van der Waals surface area contributed by atoms with Crippen LogP contribution in [-0.4, -0.2) is 249 Å². The van der Waals surface area contributed by atoms with Crippen LogP contribution >= 0.6 is 11.3 Å². The lowest BCUT2D eigenvalue weighted by Gasteiger charge is -2.34. The van der Waals surface area contributed by atoms with Gasteiger partial charge < -0.3 is 103 Å². The van der Waals surface area contributed by atoms with E-state index >= 15 is 0 Å². The lowest BCUT2D eigenvalue weighted by molar-refractivity contribution is -0.147. The summed E-state index contributed by atoms with van der Waals surface area (Å²) in [6.45, 7) is 5.23. The number of fused-ring (bicyclic) bond motifs is 2. The molecule has 4 saturated heterocycles. The molecule has 514 valence electrons. The number of anilines is 1. The average Bonchev–Trinajstić information content (AvgIpc) is 1.67. The van der Waals surface area contributed by atoms with E-state index in [1.54, 1.807) is 19.2 Å². The first kappa shape index (κ1) is 72.3. The minimum absolute atomic E-state index is 0.00535. The number of aliphatic hydroxyl groups is 6. The summed E-state index contributed by atoms with van der Waals surface area (Å²) < 4.78 is 16.6. The molecule has 0 spiro atoms. The molecule has 13 atom stereocenters. The molecule has 7 amide bonds. The second-order valence-electron chi connectivity index (χ2n) is 24.6. The van der Waals surface area contributed by atoms with E-state index in [-0.39, 0.29) is 55.3 Å². The topological polar surface area (TPSA) is 436 Å². The van der Waals surface area contributed by atoms with Crippen LogP contribution in [0.3, 0.4) is 0 Å². The number of rotatable bonds is 23. The number of aromatic hydroxyl groups is 1. The molecule has 94 heavy (non-hydrogen) atoms. The number of phenols is 1. The van der Waals surface area contributed by atoms with Gasteiger partial charge in [-0.3, -0.25) is 33.6 Å². The lowest BCUT2D eigenvalue weighted by atomic mass is 9.97. The number of aliphatic hydroxyl groups excluding tert-OH is 6. The van der Waals surface area contributed by atoms with E-state index in [1.165, 1.54) is 48.6 Å². The molecule has 30 heteroatoms. The van der Waals surface area contributed by atoms with E-state index in [2.05, 4.69) is 53.8 Å². The van der Waals surface area contributed by atoms with Gasteiger partial charge in [0.05, 0.1) is 36.6 Å². The largest absolute Gasteiger partial charge is 0.504 e. The number of carbonyl (C=O) groups is 7. The van der Waals surface area contributed by atoms with Gasteiger partial charge in [0.1, 0.15) is 52.9 Å². The van der Waals surface area contributed by atoms with Gasteiger partial charge in [-0.1, -0.05) is 36.5 Å². The molecule has 5 heterocycles. The van der Waals surface area contributed by atoms with Gasteiger partial charge >= 0.3 is 0 Å². The van der Waals surface area contributed by atoms with Crippen LogP contribution in [0.1, 0.15) is 81.1 Å². The zero-order chi connectivity index (χ0) is 67.8. The maximum absolute atomic E-state index is 14.7. The van der Waals surface area contributed by atoms with Crippen LogP contribution in [0.25, 0.3) is 21.1 Å². The van der Waals surface area contributed by atoms with E-state index in [9.17, 15) is 69.3 Å². The van der Waals surface area contributed by atoms with E-state index in [1.807, 2.05) is 12.1 Å². The van der Waals surface area contributed by atoms with Gasteiger partial charge in [-0.2, -0.15) is 0 Å². The van der Waals surface area contributed by atoms with Crippen molar-refractivity contribution in [2.45, 2.75) is 145 Å². The molecule has 29 nitrogen and oxygen atoms in total. The SMILES string of the molecule is COCCCCCOCC1CCN(c2ccc(-c3nnc(-c4ccc(C(=O)N[C@H]5C[C@@H](O)CNC(=O)[C@@H]6[C@@H](O)[C@@H](C)CN6C(=O)[C@H]([C@H](O)CCN)NC(=O)[C@H]([C@H](O)Cc6ccc(O)c(OCCN)c6)NC(=O)[C@@H]6C[C@@H](O)CN6C(=O)[C@H]([C@@H](C)O)NC5=O)cc4)s3)cc2)CC1. The first-order valence-electron chi connectivity index (χ1n) is 32.0. The van der Waals surface area contributed by atoms with Crippen LogP contribution in [0.5, 0.6) is 11.5 Å². The van der Waals surface area contributed by atoms with Crippen LogP contribution in [0.4, 0.5) is 5.69 Å². The van der Waals surface area contributed by atoms with Gasteiger partial charge in [0.2, 0.25) is 35.4 Å². The summed E-state index contributed by atoms with van der Waals surface area (Å²) in [5.74, 6) is -8.12. The number of ether oxygens (including phenoxy) is 3. The summed E-state index contributed by atoms with van der Waals surface area (Å²) in [5.41, 5.74) is 14.3. The highest BCUT2D eigenvalue weighted by Gasteiger charge is 2.50. The molecule has 16 N–H and O–H groups in total. The van der Waals surface area contributed by atoms with Gasteiger partial charge in [0, 0.05) is 114 Å². The van der Waals surface area contributed by atoms with Crippen molar-refractivity contribution in [3.8, 4) is 32.6 Å². The number of phenolic OH excluding ortho intramolecular Hbond substituents is 1. The van der Waals surface area contributed by atoms with E-state index in [0.717, 1.165) is 93.0 Å². The van der Waals surface area contributed by atoms with Crippen molar-refractivity contribution in [2.24, 2.45) is 23.3 Å². The predicted molar refractivity (Wildman–Crippen MR) is 343 cm³/mol. The quantitative estimate of drug-likeness (QED) is 0.0367. The summed E-state index contributed by atoms with van der Waals surface area (Å²) in [7, 11) is 1.71. The number of hydrogen-bond donors (Lipinski definition) is 14. The number of nitrogens with two attached hydrogens (primary N) is 2. The highest BCUT2D eigenvalue weighted by molar-refractivity contribution is 7.17. The molecule has 0 aliphatic carbocycles. The smallest absolute Gasteiger partial charge is 0.251 e. The van der Waals surface area contributed by atoms with Crippen molar-refractivity contribution < 1.29 is 83.5 Å². The molecule has 0 unspecified atom stereocenters. The monoisotopic (exact) mass is 1330 g/mol. The Kier molecular flexibility index (Phi) is 26.4. The van der Waals surface area contributed by atoms with Gasteiger partial charge in [0.25, 0.3) is 5.91 Å². The summed E-state index contributed by atoms with van der Waals surface area (Å²) in [5, 5.41) is 102. The van der Waals surface area contributed by atoms with Gasteiger partial charge in [-0.15, -0.1) is 10.2 Å². The Labute approximate surface area is 548 Å². The summed E-state index contributed by atoms with van der Waals surface area (Å²) in [6.07, 6.45) is -6.61. The Balaban J connectivity index is 1.01. The zero-order valence-corrected chi connectivity index (χ0v) is 53.9. The minimum atomic E-state index is -2.04. The minimum Gasteiger partial charge on any atom is -0.504 e. The second-order valence-corrected chi connectivity index (χ2v) is 25.6. The number of aromatic nitrogens is 2. The standard InChI is InChI=1S/C64H90N12O17S/c1-35-32-76-54(55(35)83)60(88)67-31-43(78)29-45(68-56(84)39-8-10-40(11-9-39)61-72-73-62(94-61)41-12-14-42(15-13-41)74-22-18-37(19-23-74)34-92-25-6-4-5-24-91-3)57(85)69-51(36(2)77)63(89)75-33-44(79)30-46(75)58(86)70-52(59(87)71-53(64(76)90)48(81)17-20-65)49(82)27-38-7-16-47(80)50(28-38)93-26-21-66/h7-16,28,35-37,43-46,48-49,51-55,77-83H,4-6,17-27,29-34,65-66H2,1-3H3,(H,67,88)(H,68,84)(H,69,85)(H,70,86)(H,71,87)/t35-,36+,43+,44+,45-,46-,48+,49+,51-,52-,53-,54-,55-/m0/s1. The molecule has 0 radical (unpaired) electrons. The van der Waals surface area contributed by atoms with Crippen molar-refractivity contribution in [1.29, 1.82) is 0 Å². The maximum atomic E-state index is 14.7. The molecule has 1 aromatic heterocycles. The zero-order valence-electron chi connectivity index (χ0n) is 53.1. The number of nitrogens with one attached hydrogen (secondary N) is 5. The highest BCUT2D eigenvalue weighted by Crippen LogP contribution is 2.34. The fourth-order valence-corrected chi connectivity index (χ4v) is 13.0. The van der Waals surface area contributed by atoms with Crippen molar-refractivity contribution in [2.75, 3.05) is 84.3 Å². The van der Waals surface area contributed by atoms with Crippen molar-refractivity contribution >= 4 is 58.4 Å². The van der Waals surface area contributed by atoms with Gasteiger partial charge in [-0.25, -0.2) is 0 Å². The molecule has 4 aliphatic heterocycles. The summed E-state index contributed by atoms with van der Waals surface area (Å²) >= 11 is 1.34. The number of carbonyl (C=O) groups excluding carboxylic acids is 7. The number of unbranched alkanes of at least 4 members (excludes halogenated alkanes) is 2. The lowest BCUT2D eigenvalue weighted by Crippen LogP contribution is -2.64. The Morgan fingerprint density at radius 2 is 1.38 bits per heavy atom. The van der Waals surface area contributed by atoms with E-state index in [4.69, 9.17) is 25.7 Å². The number of hydrogen-bond acceptors (Lipinski definition) is 23. The average molecular weight is 1330 g/mol. The van der Waals surface area contributed by atoms with Gasteiger partial charge in [-0.05, 0) is 112 Å². The maximum Gasteiger partial charge on any atom is 0.251 e. The molecule has 4 aliphatic rings. The number of amides is 7. The van der Waals surface area contributed by atoms with Crippen LogP contribution in [0, 0.1) is 11.8 Å². The first-order valence-corrected chi connectivity index (χ1v) is 32.8. The third-order valence-electron chi connectivity index (χ3n) is 17.5. The fourth-order valence-electron chi connectivity index (χ4n) is 12.1. The molecule has 3 aromatic carbocycles. The van der Waals surface area contributed by atoms with E-state index in [0.29, 0.717) is 21.5 Å². The third-order valence-corrected chi connectivity index (χ3v) is 18.5. The summed E-state index contributed by atoms with van der Waals surface area (Å²) in [4.78, 5) is 106. The predicted octanol–water partition coefficient (Wildman–Crippen LogP) is -1.74. The first-order chi connectivity index (χ1) is 45.1. The van der Waals surface area contributed by atoms with Crippen molar-refractivity contribution in [1.82, 2.24) is 46.6 Å². The van der Waals surface area contributed by atoms with Crippen LogP contribution < -0.4 is 47.7 Å². The molecular weight excluding hydrogens is 1240 g/mol. The van der Waals surface area contributed by atoms with Crippen molar-refractivity contribution in [3.05, 3.63) is 77.9 Å². The normalized spacial score (nSPS) is 25.7. The summed E-state index contributed by atoms with van der Waals surface area (Å²) in [6, 6.07) is 7.41. The number of benzene rings is 3. The second kappa shape index (κ2) is 34.3. The van der Waals surface area contributed by atoms with Gasteiger partial charge in [0.15, 0.2) is 11.5 Å². The Morgan fingerprint density at radius 3 is 2.04 bits per heavy atom. The van der Waals surface area contributed by atoms with Crippen LogP contribution in [0.15, 0.2) is 66.7 Å². The number of piperidine rings is 1. The molecule has 4 fully saturated rings. The molecular formula is C64H90N12O17S. The molecule has 4 aromatic rings. The van der Waals surface area contributed by atoms with Crippen LogP contribution in [0.2, 0.25) is 0 Å². The number of methoxy groups -OCH3 is 1.